The van der Waals surface area contributed by atoms with Gasteiger partial charge in [-0.2, -0.15) is 5.10 Å². The first-order valence-electron chi connectivity index (χ1n) is 6.15. The van der Waals surface area contributed by atoms with E-state index in [9.17, 15) is 0 Å². The molecule has 0 spiro atoms. The third-order valence-corrected chi connectivity index (χ3v) is 3.10. The first-order valence-corrected chi connectivity index (χ1v) is 6.15. The van der Waals surface area contributed by atoms with Crippen LogP contribution in [0.3, 0.4) is 0 Å². The van der Waals surface area contributed by atoms with Crippen molar-refractivity contribution >= 4 is 0 Å². The summed E-state index contributed by atoms with van der Waals surface area (Å²) in [6, 6.07) is 2.81. The fourth-order valence-corrected chi connectivity index (χ4v) is 2.24. The Morgan fingerprint density at radius 1 is 1.47 bits per heavy atom. The minimum atomic E-state index is 0.671. The molecular weight excluding hydrogens is 186 g/mol. The normalized spacial score (nSPS) is 17.4. The summed E-state index contributed by atoms with van der Waals surface area (Å²) in [5.41, 5.74) is 1.18. The first kappa shape index (κ1) is 10.7. The van der Waals surface area contributed by atoms with Gasteiger partial charge in [-0.3, -0.25) is 4.68 Å². The molecule has 2 rings (SSSR count). The van der Waals surface area contributed by atoms with E-state index in [2.05, 4.69) is 34.3 Å². The van der Waals surface area contributed by atoms with Gasteiger partial charge in [0.15, 0.2) is 0 Å². The predicted molar refractivity (Wildman–Crippen MR) is 61.7 cm³/mol. The van der Waals surface area contributed by atoms with Crippen molar-refractivity contribution in [3.63, 3.8) is 0 Å². The van der Waals surface area contributed by atoms with Crippen LogP contribution in [0.2, 0.25) is 0 Å². The average molecular weight is 207 g/mol. The molecule has 3 nitrogen and oxygen atoms in total. The van der Waals surface area contributed by atoms with E-state index in [0.717, 1.165) is 13.1 Å². The molecule has 0 aromatic carbocycles. The van der Waals surface area contributed by atoms with Crippen LogP contribution >= 0.6 is 0 Å². The number of nitrogens with one attached hydrogen (secondary N) is 1. The van der Waals surface area contributed by atoms with Crippen LogP contribution in [-0.2, 0) is 6.54 Å². The summed E-state index contributed by atoms with van der Waals surface area (Å²) in [7, 11) is 0. The van der Waals surface area contributed by atoms with Crippen LogP contribution in [0.5, 0.6) is 0 Å². The standard InChI is InChI=1S/C12H21N3/c1-2-8-13-10-11-7-9-15(14-11)12-5-3-4-6-12/h7,9,12-13H,2-6,8,10H2,1H3. The molecule has 0 bridgehead atoms. The molecule has 1 aromatic rings. The van der Waals surface area contributed by atoms with Crippen LogP contribution in [0.1, 0.15) is 50.8 Å². The maximum atomic E-state index is 4.62. The molecule has 15 heavy (non-hydrogen) atoms. The van der Waals surface area contributed by atoms with E-state index in [0.29, 0.717) is 6.04 Å². The Morgan fingerprint density at radius 2 is 2.27 bits per heavy atom. The van der Waals surface area contributed by atoms with E-state index in [1.807, 2.05) is 0 Å². The van der Waals surface area contributed by atoms with Crippen LogP contribution in [0, 0.1) is 0 Å². The molecule has 1 aliphatic carbocycles. The molecule has 1 N–H and O–H groups in total. The van der Waals surface area contributed by atoms with Gasteiger partial charge in [-0.25, -0.2) is 0 Å². The smallest absolute Gasteiger partial charge is 0.0762 e. The molecule has 3 heteroatoms. The van der Waals surface area contributed by atoms with Gasteiger partial charge in [0.2, 0.25) is 0 Å². The fourth-order valence-electron chi connectivity index (χ4n) is 2.24. The summed E-state index contributed by atoms with van der Waals surface area (Å²) >= 11 is 0. The number of nitrogens with zero attached hydrogens (tertiary/aromatic N) is 2. The van der Waals surface area contributed by atoms with Gasteiger partial charge in [-0.15, -0.1) is 0 Å². The molecular formula is C12H21N3. The molecule has 1 saturated carbocycles. The van der Waals surface area contributed by atoms with Crippen molar-refractivity contribution in [2.75, 3.05) is 6.54 Å². The number of aromatic nitrogens is 2. The van der Waals surface area contributed by atoms with E-state index in [1.54, 1.807) is 0 Å². The monoisotopic (exact) mass is 207 g/mol. The third-order valence-electron chi connectivity index (χ3n) is 3.10. The highest BCUT2D eigenvalue weighted by Gasteiger charge is 2.17. The van der Waals surface area contributed by atoms with Crippen molar-refractivity contribution in [2.45, 2.75) is 51.6 Å². The zero-order valence-electron chi connectivity index (χ0n) is 9.58. The summed E-state index contributed by atoms with van der Waals surface area (Å²) in [5, 5.41) is 8.00. The highest BCUT2D eigenvalue weighted by molar-refractivity contribution is 4.99. The summed E-state index contributed by atoms with van der Waals surface area (Å²) in [5.74, 6) is 0. The zero-order chi connectivity index (χ0) is 10.5. The maximum absolute atomic E-state index is 4.62. The summed E-state index contributed by atoms with van der Waals surface area (Å²) < 4.78 is 2.16. The van der Waals surface area contributed by atoms with Gasteiger partial charge in [0.05, 0.1) is 11.7 Å². The van der Waals surface area contributed by atoms with Crippen molar-refractivity contribution in [2.24, 2.45) is 0 Å². The maximum Gasteiger partial charge on any atom is 0.0762 e. The van der Waals surface area contributed by atoms with Crippen molar-refractivity contribution < 1.29 is 0 Å². The SMILES string of the molecule is CCCNCc1ccn(C2CCCC2)n1. The molecule has 0 aliphatic heterocycles. The van der Waals surface area contributed by atoms with Gasteiger partial charge < -0.3 is 5.32 Å². The second kappa shape index (κ2) is 5.31. The van der Waals surface area contributed by atoms with Crippen LogP contribution < -0.4 is 5.32 Å². The van der Waals surface area contributed by atoms with Gasteiger partial charge in [0, 0.05) is 12.7 Å². The highest BCUT2D eigenvalue weighted by atomic mass is 15.3. The van der Waals surface area contributed by atoms with Gasteiger partial charge in [-0.05, 0) is 31.9 Å². The molecule has 0 amide bonds. The first-order chi connectivity index (χ1) is 7.40. The van der Waals surface area contributed by atoms with Gasteiger partial charge >= 0.3 is 0 Å². The second-order valence-electron chi connectivity index (χ2n) is 4.40. The summed E-state index contributed by atoms with van der Waals surface area (Å²) in [6.07, 6.45) is 8.68. The van der Waals surface area contributed by atoms with Gasteiger partial charge in [0.1, 0.15) is 0 Å². The number of rotatable bonds is 5. The van der Waals surface area contributed by atoms with E-state index >= 15 is 0 Å². The molecule has 0 unspecified atom stereocenters. The minimum Gasteiger partial charge on any atom is -0.311 e. The predicted octanol–water partition coefficient (Wildman–Crippen LogP) is 2.50. The molecule has 0 saturated heterocycles. The van der Waals surface area contributed by atoms with E-state index < -0.39 is 0 Å². The van der Waals surface area contributed by atoms with Crippen LogP contribution in [0.25, 0.3) is 0 Å². The quantitative estimate of drug-likeness (QED) is 0.752. The van der Waals surface area contributed by atoms with Crippen LogP contribution in [0.4, 0.5) is 0 Å². The van der Waals surface area contributed by atoms with Crippen molar-refractivity contribution in [3.05, 3.63) is 18.0 Å². The third kappa shape index (κ3) is 2.81. The fraction of sp³-hybridized carbons (Fsp3) is 0.750. The molecule has 1 heterocycles. The Bertz CT molecular complexity index is 287. The summed E-state index contributed by atoms with van der Waals surface area (Å²) in [4.78, 5) is 0. The topological polar surface area (TPSA) is 29.9 Å². The van der Waals surface area contributed by atoms with E-state index in [4.69, 9.17) is 0 Å². The minimum absolute atomic E-state index is 0.671. The molecule has 84 valence electrons. The lowest BCUT2D eigenvalue weighted by molar-refractivity contribution is 0.461. The Labute approximate surface area is 91.9 Å². The molecule has 1 aromatic heterocycles. The van der Waals surface area contributed by atoms with Crippen LogP contribution in [-0.4, -0.2) is 16.3 Å². The van der Waals surface area contributed by atoms with Gasteiger partial charge in [0.25, 0.3) is 0 Å². The molecule has 1 fully saturated rings. The largest absolute Gasteiger partial charge is 0.311 e. The van der Waals surface area contributed by atoms with E-state index in [-0.39, 0.29) is 0 Å². The Balaban J connectivity index is 1.86. The molecule has 0 atom stereocenters. The molecule has 1 aliphatic rings. The Morgan fingerprint density at radius 3 is 3.00 bits per heavy atom. The zero-order valence-corrected chi connectivity index (χ0v) is 9.58. The van der Waals surface area contributed by atoms with Crippen molar-refractivity contribution in [3.8, 4) is 0 Å². The lowest BCUT2D eigenvalue weighted by Gasteiger charge is -2.08. The Kier molecular flexibility index (Phi) is 3.78. The van der Waals surface area contributed by atoms with Crippen molar-refractivity contribution in [1.82, 2.24) is 15.1 Å². The van der Waals surface area contributed by atoms with E-state index in [1.165, 1.54) is 37.8 Å². The average Bonchev–Trinajstić information content (AvgIpc) is 2.87. The number of hydrogen-bond acceptors (Lipinski definition) is 2. The summed E-state index contributed by atoms with van der Waals surface area (Å²) in [6.45, 7) is 4.17. The lowest BCUT2D eigenvalue weighted by atomic mass is 10.3. The van der Waals surface area contributed by atoms with Crippen LogP contribution in [0.15, 0.2) is 12.3 Å². The second-order valence-corrected chi connectivity index (χ2v) is 4.40. The number of hydrogen-bond donors (Lipinski definition) is 1. The van der Waals surface area contributed by atoms with Crippen molar-refractivity contribution in [1.29, 1.82) is 0 Å². The molecule has 0 radical (unpaired) electrons. The Hall–Kier alpha value is -0.830. The van der Waals surface area contributed by atoms with Gasteiger partial charge in [-0.1, -0.05) is 19.8 Å². The lowest BCUT2D eigenvalue weighted by Crippen LogP contribution is -2.15. The highest BCUT2D eigenvalue weighted by Crippen LogP contribution is 2.28.